The van der Waals surface area contributed by atoms with Crippen molar-refractivity contribution in [3.05, 3.63) is 33.2 Å². The van der Waals surface area contributed by atoms with Crippen molar-refractivity contribution < 1.29 is 14.3 Å². The first-order valence-corrected chi connectivity index (χ1v) is 7.51. The number of unbranched alkanes of at least 4 members (excludes halogenated alkanes) is 2. The molecule has 0 aliphatic rings. The van der Waals surface area contributed by atoms with Gasteiger partial charge in [0.1, 0.15) is 6.54 Å². The number of hydrogen-bond donors (Lipinski definition) is 1. The smallest absolute Gasteiger partial charge is 0.305 e. The minimum Gasteiger partial charge on any atom is -0.469 e. The third-order valence-corrected chi connectivity index (χ3v) is 3.34. The van der Waals surface area contributed by atoms with Gasteiger partial charge >= 0.3 is 5.97 Å². The highest BCUT2D eigenvalue weighted by Gasteiger charge is 2.04. The van der Waals surface area contributed by atoms with Gasteiger partial charge in [-0.1, -0.05) is 6.42 Å². The molecular weight excluding hydrogens is 340 g/mol. The number of esters is 1. The summed E-state index contributed by atoms with van der Waals surface area (Å²) in [6.07, 6.45) is 4.35. The summed E-state index contributed by atoms with van der Waals surface area (Å²) in [4.78, 5) is 34.1. The van der Waals surface area contributed by atoms with Gasteiger partial charge in [-0.05, 0) is 34.8 Å². The zero-order chi connectivity index (χ0) is 15.7. The van der Waals surface area contributed by atoms with Gasteiger partial charge in [-0.15, -0.1) is 0 Å². The number of amides is 1. The first-order chi connectivity index (χ1) is 10.0. The molecule has 0 aromatic carbocycles. The highest BCUT2D eigenvalue weighted by Crippen LogP contribution is 2.04. The molecule has 1 amide bonds. The Morgan fingerprint density at radius 3 is 2.76 bits per heavy atom. The summed E-state index contributed by atoms with van der Waals surface area (Å²) in [6.45, 7) is 0.531. The maximum Gasteiger partial charge on any atom is 0.305 e. The second kappa shape index (κ2) is 9.33. The van der Waals surface area contributed by atoms with Gasteiger partial charge in [0.15, 0.2) is 0 Å². The monoisotopic (exact) mass is 358 g/mol. The summed E-state index contributed by atoms with van der Waals surface area (Å²) >= 11 is 3.26. The highest BCUT2D eigenvalue weighted by molar-refractivity contribution is 9.10. The van der Waals surface area contributed by atoms with Crippen LogP contribution >= 0.6 is 15.9 Å². The molecule has 6 nitrogen and oxygen atoms in total. The molecule has 0 fully saturated rings. The maximum atomic E-state index is 11.7. The van der Waals surface area contributed by atoms with Crippen LogP contribution in [-0.4, -0.2) is 30.1 Å². The number of aromatic nitrogens is 1. The number of pyridine rings is 1. The molecule has 0 aliphatic carbocycles. The van der Waals surface area contributed by atoms with Gasteiger partial charge < -0.3 is 14.6 Å². The molecule has 0 radical (unpaired) electrons. The molecule has 0 atom stereocenters. The number of ether oxygens (including phenoxy) is 1. The quantitative estimate of drug-likeness (QED) is 0.563. The molecule has 1 N–H and O–H groups in total. The normalized spacial score (nSPS) is 10.2. The van der Waals surface area contributed by atoms with Gasteiger partial charge in [0.25, 0.3) is 5.56 Å². The molecule has 1 heterocycles. The summed E-state index contributed by atoms with van der Waals surface area (Å²) in [5, 5.41) is 2.75. The van der Waals surface area contributed by atoms with Crippen molar-refractivity contribution in [2.24, 2.45) is 0 Å². The van der Waals surface area contributed by atoms with Gasteiger partial charge in [0, 0.05) is 29.7 Å². The molecule has 7 heteroatoms. The fourth-order valence-electron chi connectivity index (χ4n) is 1.74. The van der Waals surface area contributed by atoms with Crippen LogP contribution in [0.15, 0.2) is 27.6 Å². The zero-order valence-corrected chi connectivity index (χ0v) is 13.5. The third kappa shape index (κ3) is 7.08. The van der Waals surface area contributed by atoms with Crippen LogP contribution in [0.25, 0.3) is 0 Å². The molecule has 0 bridgehead atoms. The van der Waals surface area contributed by atoms with Crippen molar-refractivity contribution in [2.45, 2.75) is 32.2 Å². The van der Waals surface area contributed by atoms with Crippen molar-refractivity contribution in [3.8, 4) is 0 Å². The maximum absolute atomic E-state index is 11.7. The van der Waals surface area contributed by atoms with Crippen molar-refractivity contribution in [1.82, 2.24) is 9.88 Å². The molecule has 116 valence electrons. The number of carbonyl (C=O) groups is 2. The number of rotatable bonds is 8. The van der Waals surface area contributed by atoms with Gasteiger partial charge in [0.2, 0.25) is 5.91 Å². The molecule has 0 saturated carbocycles. The second-order valence-electron chi connectivity index (χ2n) is 4.55. The van der Waals surface area contributed by atoms with Gasteiger partial charge in [-0.25, -0.2) is 0 Å². The van der Waals surface area contributed by atoms with E-state index in [1.165, 1.54) is 17.7 Å². The summed E-state index contributed by atoms with van der Waals surface area (Å²) in [7, 11) is 1.37. The first-order valence-electron chi connectivity index (χ1n) is 6.72. The van der Waals surface area contributed by atoms with Crippen molar-refractivity contribution in [1.29, 1.82) is 0 Å². The van der Waals surface area contributed by atoms with E-state index in [2.05, 4.69) is 26.0 Å². The highest BCUT2D eigenvalue weighted by atomic mass is 79.9. The Balaban J connectivity index is 2.21. The third-order valence-electron chi connectivity index (χ3n) is 2.87. The van der Waals surface area contributed by atoms with E-state index in [4.69, 9.17) is 0 Å². The largest absolute Gasteiger partial charge is 0.469 e. The van der Waals surface area contributed by atoms with Crippen molar-refractivity contribution >= 4 is 27.8 Å². The second-order valence-corrected chi connectivity index (χ2v) is 5.47. The van der Waals surface area contributed by atoms with Crippen molar-refractivity contribution in [3.63, 3.8) is 0 Å². The summed E-state index contributed by atoms with van der Waals surface area (Å²) in [5.74, 6) is -0.420. The number of halogens is 1. The Bertz CT molecular complexity index is 542. The number of nitrogens with zero attached hydrogens (tertiary/aromatic N) is 1. The van der Waals surface area contributed by atoms with E-state index >= 15 is 0 Å². The Morgan fingerprint density at radius 2 is 2.05 bits per heavy atom. The van der Waals surface area contributed by atoms with E-state index in [-0.39, 0.29) is 24.0 Å². The van der Waals surface area contributed by atoms with E-state index in [1.807, 2.05) is 0 Å². The number of nitrogens with one attached hydrogen (secondary N) is 1. The molecule has 0 aliphatic heterocycles. The van der Waals surface area contributed by atoms with E-state index in [1.54, 1.807) is 12.3 Å². The Hall–Kier alpha value is -1.63. The lowest BCUT2D eigenvalue weighted by molar-refractivity contribution is -0.140. The minimum absolute atomic E-state index is 0.000431. The lowest BCUT2D eigenvalue weighted by Gasteiger charge is -2.07. The minimum atomic E-state index is -0.216. The SMILES string of the molecule is COC(=O)CCCCCNC(=O)Cn1cc(Br)ccc1=O. The molecular formula is C14H19BrN2O4. The van der Waals surface area contributed by atoms with Crippen LogP contribution in [0.2, 0.25) is 0 Å². The van der Waals surface area contributed by atoms with Crippen LogP contribution in [0, 0.1) is 0 Å². The molecule has 1 aromatic heterocycles. The Morgan fingerprint density at radius 1 is 1.29 bits per heavy atom. The van der Waals surface area contributed by atoms with Crippen LogP contribution in [0.3, 0.4) is 0 Å². The standard InChI is InChI=1S/C14H19BrN2O4/c1-21-14(20)5-3-2-4-8-16-12(18)10-17-9-11(15)6-7-13(17)19/h6-7,9H,2-5,8,10H2,1H3,(H,16,18). The van der Waals surface area contributed by atoms with Crippen LogP contribution in [0.1, 0.15) is 25.7 Å². The average Bonchev–Trinajstić information content (AvgIpc) is 2.46. The van der Waals surface area contributed by atoms with Crippen LogP contribution < -0.4 is 10.9 Å². The van der Waals surface area contributed by atoms with Gasteiger partial charge in [-0.2, -0.15) is 0 Å². The molecule has 1 rings (SSSR count). The molecule has 21 heavy (non-hydrogen) atoms. The molecule has 0 saturated heterocycles. The molecule has 0 spiro atoms. The van der Waals surface area contributed by atoms with Crippen LogP contribution in [0.4, 0.5) is 0 Å². The fourth-order valence-corrected chi connectivity index (χ4v) is 2.12. The zero-order valence-electron chi connectivity index (χ0n) is 11.9. The van der Waals surface area contributed by atoms with Crippen molar-refractivity contribution in [2.75, 3.05) is 13.7 Å². The van der Waals surface area contributed by atoms with Crippen LogP contribution in [0.5, 0.6) is 0 Å². The van der Waals surface area contributed by atoms with E-state index in [9.17, 15) is 14.4 Å². The number of carbonyl (C=O) groups excluding carboxylic acids is 2. The predicted octanol–water partition coefficient (Wildman–Crippen LogP) is 1.46. The Labute approximate surface area is 131 Å². The van der Waals surface area contributed by atoms with E-state index in [0.29, 0.717) is 13.0 Å². The number of hydrogen-bond acceptors (Lipinski definition) is 4. The topological polar surface area (TPSA) is 77.4 Å². The van der Waals surface area contributed by atoms with Crippen LogP contribution in [-0.2, 0) is 20.9 Å². The average molecular weight is 359 g/mol. The Kier molecular flexibility index (Phi) is 7.74. The summed E-state index contributed by atoms with van der Waals surface area (Å²) in [5.41, 5.74) is -0.216. The lowest BCUT2D eigenvalue weighted by atomic mass is 10.2. The fraction of sp³-hybridized carbons (Fsp3) is 0.500. The van der Waals surface area contributed by atoms with Gasteiger partial charge in [0.05, 0.1) is 7.11 Å². The first kappa shape index (κ1) is 17.4. The van der Waals surface area contributed by atoms with E-state index < -0.39 is 0 Å². The molecule has 0 unspecified atom stereocenters. The summed E-state index contributed by atoms with van der Waals surface area (Å²) in [6, 6.07) is 3.04. The summed E-state index contributed by atoms with van der Waals surface area (Å²) < 4.78 is 6.63. The lowest BCUT2D eigenvalue weighted by Crippen LogP contribution is -2.32. The number of methoxy groups -OCH3 is 1. The van der Waals surface area contributed by atoms with Gasteiger partial charge in [-0.3, -0.25) is 14.4 Å². The predicted molar refractivity (Wildman–Crippen MR) is 81.9 cm³/mol. The van der Waals surface area contributed by atoms with E-state index in [0.717, 1.165) is 23.7 Å². The molecule has 1 aromatic rings.